The van der Waals surface area contributed by atoms with Crippen molar-refractivity contribution in [1.82, 2.24) is 9.88 Å². The molecule has 1 saturated carbocycles. The van der Waals surface area contributed by atoms with Gasteiger partial charge in [0.05, 0.1) is 6.54 Å². The number of nitrogens with one attached hydrogen (secondary N) is 1. The Morgan fingerprint density at radius 3 is 2.50 bits per heavy atom. The number of benzene rings is 2. The summed E-state index contributed by atoms with van der Waals surface area (Å²) in [6, 6.07) is 15.6. The molecule has 4 nitrogen and oxygen atoms in total. The fourth-order valence-electron chi connectivity index (χ4n) is 4.94. The number of fused-ring (bicyclic) bond motifs is 3. The zero-order valence-corrected chi connectivity index (χ0v) is 16.1. The summed E-state index contributed by atoms with van der Waals surface area (Å²) in [7, 11) is 0. The summed E-state index contributed by atoms with van der Waals surface area (Å²) in [5.74, 6) is 0.726. The summed E-state index contributed by atoms with van der Waals surface area (Å²) in [5.41, 5.74) is 7.29. The van der Waals surface area contributed by atoms with E-state index in [1.807, 2.05) is 0 Å². The van der Waals surface area contributed by atoms with Gasteiger partial charge in [-0.15, -0.1) is 0 Å². The van der Waals surface area contributed by atoms with E-state index in [0.29, 0.717) is 13.1 Å². The standard InChI is InChI=1S/C24H26N2O2/c27-24(28)26-13-12-23-21(15-26)20-14-19(10-11-22(20)25-23)18-8-6-17(7-9-18)16-4-2-1-3-5-16/h6-11,14,16,25H,1-5,12-13,15H2,(H,27,28). The van der Waals surface area contributed by atoms with Crippen molar-refractivity contribution in [3.63, 3.8) is 0 Å². The molecule has 2 heterocycles. The van der Waals surface area contributed by atoms with Gasteiger partial charge in [-0.1, -0.05) is 49.6 Å². The van der Waals surface area contributed by atoms with Gasteiger partial charge in [0.1, 0.15) is 0 Å². The number of hydrogen-bond donors (Lipinski definition) is 2. The largest absolute Gasteiger partial charge is 0.465 e. The Hall–Kier alpha value is -2.75. The number of H-pyrrole nitrogens is 1. The van der Waals surface area contributed by atoms with Gasteiger partial charge in [0, 0.05) is 35.1 Å². The highest BCUT2D eigenvalue weighted by atomic mass is 16.4. The van der Waals surface area contributed by atoms with Crippen molar-refractivity contribution >= 4 is 17.0 Å². The maximum absolute atomic E-state index is 11.4. The van der Waals surface area contributed by atoms with Crippen LogP contribution in [-0.2, 0) is 13.0 Å². The number of hydrogen-bond acceptors (Lipinski definition) is 1. The molecule has 1 aliphatic heterocycles. The molecule has 144 valence electrons. The fraction of sp³-hybridized carbons (Fsp3) is 0.375. The second-order valence-electron chi connectivity index (χ2n) is 8.25. The highest BCUT2D eigenvalue weighted by molar-refractivity contribution is 5.89. The maximum Gasteiger partial charge on any atom is 0.407 e. The molecule has 0 unspecified atom stereocenters. The molecule has 28 heavy (non-hydrogen) atoms. The lowest BCUT2D eigenvalue weighted by molar-refractivity contribution is 0.140. The van der Waals surface area contributed by atoms with E-state index in [4.69, 9.17) is 0 Å². The van der Waals surface area contributed by atoms with Crippen molar-refractivity contribution in [2.45, 2.75) is 51.0 Å². The second kappa shape index (κ2) is 7.01. The van der Waals surface area contributed by atoms with E-state index in [0.717, 1.165) is 28.8 Å². The van der Waals surface area contributed by atoms with Crippen LogP contribution in [0.2, 0.25) is 0 Å². The third kappa shape index (κ3) is 3.07. The van der Waals surface area contributed by atoms with Crippen LogP contribution in [-0.4, -0.2) is 27.6 Å². The van der Waals surface area contributed by atoms with Crippen molar-refractivity contribution in [1.29, 1.82) is 0 Å². The molecule has 0 atom stereocenters. The summed E-state index contributed by atoms with van der Waals surface area (Å²) >= 11 is 0. The summed E-state index contributed by atoms with van der Waals surface area (Å²) < 4.78 is 0. The average Bonchev–Trinajstić information content (AvgIpc) is 3.11. The molecule has 0 spiro atoms. The Kier molecular flexibility index (Phi) is 4.34. The minimum atomic E-state index is -0.838. The van der Waals surface area contributed by atoms with E-state index in [-0.39, 0.29) is 0 Å². The van der Waals surface area contributed by atoms with Crippen LogP contribution in [0.25, 0.3) is 22.0 Å². The van der Waals surface area contributed by atoms with Crippen LogP contribution >= 0.6 is 0 Å². The third-order valence-corrected chi connectivity index (χ3v) is 6.57. The highest BCUT2D eigenvalue weighted by Gasteiger charge is 2.23. The number of carboxylic acid groups (broad SMARTS) is 1. The summed E-state index contributed by atoms with van der Waals surface area (Å²) in [6.45, 7) is 1.03. The molecule has 3 aromatic rings. The van der Waals surface area contributed by atoms with Gasteiger partial charge < -0.3 is 15.0 Å². The molecular weight excluding hydrogens is 348 g/mol. The number of aromatic amines is 1. The van der Waals surface area contributed by atoms with Crippen LogP contribution < -0.4 is 0 Å². The lowest BCUT2D eigenvalue weighted by atomic mass is 9.83. The zero-order chi connectivity index (χ0) is 19.1. The Morgan fingerprint density at radius 1 is 1.00 bits per heavy atom. The minimum Gasteiger partial charge on any atom is -0.465 e. The van der Waals surface area contributed by atoms with E-state index in [1.165, 1.54) is 59.4 Å². The highest BCUT2D eigenvalue weighted by Crippen LogP contribution is 2.35. The zero-order valence-electron chi connectivity index (χ0n) is 16.1. The Morgan fingerprint density at radius 2 is 1.75 bits per heavy atom. The van der Waals surface area contributed by atoms with Gasteiger partial charge in [0.25, 0.3) is 0 Å². The summed E-state index contributed by atoms with van der Waals surface area (Å²) in [6.07, 6.45) is 6.65. The van der Waals surface area contributed by atoms with Gasteiger partial charge in [-0.2, -0.15) is 0 Å². The van der Waals surface area contributed by atoms with Crippen molar-refractivity contribution in [2.24, 2.45) is 0 Å². The molecule has 4 heteroatoms. The monoisotopic (exact) mass is 374 g/mol. The summed E-state index contributed by atoms with van der Waals surface area (Å²) in [4.78, 5) is 16.4. The van der Waals surface area contributed by atoms with Crippen LogP contribution in [0.1, 0.15) is 54.8 Å². The first kappa shape index (κ1) is 17.4. The van der Waals surface area contributed by atoms with Crippen molar-refractivity contribution in [3.8, 4) is 11.1 Å². The molecule has 1 aliphatic carbocycles. The van der Waals surface area contributed by atoms with Gasteiger partial charge in [-0.3, -0.25) is 0 Å². The maximum atomic E-state index is 11.4. The van der Waals surface area contributed by atoms with Crippen molar-refractivity contribution in [3.05, 3.63) is 59.3 Å². The van der Waals surface area contributed by atoms with Gasteiger partial charge in [-0.05, 0) is 47.6 Å². The van der Waals surface area contributed by atoms with Crippen molar-refractivity contribution in [2.75, 3.05) is 6.54 Å². The third-order valence-electron chi connectivity index (χ3n) is 6.57. The van der Waals surface area contributed by atoms with Crippen molar-refractivity contribution < 1.29 is 9.90 Å². The first-order valence-electron chi connectivity index (χ1n) is 10.4. The normalized spacial score (nSPS) is 17.6. The van der Waals surface area contributed by atoms with Crippen LogP contribution in [0, 0.1) is 0 Å². The van der Waals surface area contributed by atoms with E-state index in [2.05, 4.69) is 47.4 Å². The van der Waals surface area contributed by atoms with Gasteiger partial charge in [-0.25, -0.2) is 4.79 Å². The predicted molar refractivity (Wildman–Crippen MR) is 112 cm³/mol. The molecule has 1 amide bonds. The number of carbonyl (C=O) groups is 1. The van der Waals surface area contributed by atoms with Crippen LogP contribution in [0.4, 0.5) is 4.79 Å². The lowest BCUT2D eigenvalue weighted by Crippen LogP contribution is -2.34. The molecule has 2 N–H and O–H groups in total. The number of rotatable bonds is 2. The molecule has 0 bridgehead atoms. The molecule has 0 radical (unpaired) electrons. The topological polar surface area (TPSA) is 56.3 Å². The first-order chi connectivity index (χ1) is 13.7. The SMILES string of the molecule is O=C(O)N1CCc2[nH]c3ccc(-c4ccc(C5CCCCC5)cc4)cc3c2C1. The summed E-state index contributed by atoms with van der Waals surface area (Å²) in [5, 5.41) is 10.5. The Bertz CT molecular complexity index is 1010. The molecule has 2 aromatic carbocycles. The quantitative estimate of drug-likeness (QED) is 0.585. The minimum absolute atomic E-state index is 0.467. The number of nitrogens with zero attached hydrogens (tertiary/aromatic N) is 1. The first-order valence-corrected chi connectivity index (χ1v) is 10.4. The lowest BCUT2D eigenvalue weighted by Gasteiger charge is -2.24. The van der Waals surface area contributed by atoms with Gasteiger partial charge in [0.15, 0.2) is 0 Å². The Balaban J connectivity index is 1.46. The predicted octanol–water partition coefficient (Wildman–Crippen LogP) is 5.92. The van der Waals surface area contributed by atoms with Gasteiger partial charge in [0.2, 0.25) is 0 Å². The molecule has 2 aliphatic rings. The van der Waals surface area contributed by atoms with Crippen LogP contribution in [0.5, 0.6) is 0 Å². The van der Waals surface area contributed by atoms with E-state index in [1.54, 1.807) is 0 Å². The second-order valence-corrected chi connectivity index (χ2v) is 8.25. The van der Waals surface area contributed by atoms with Crippen LogP contribution in [0.15, 0.2) is 42.5 Å². The molecule has 5 rings (SSSR count). The van der Waals surface area contributed by atoms with E-state index >= 15 is 0 Å². The molecule has 0 saturated heterocycles. The van der Waals surface area contributed by atoms with Crippen LogP contribution in [0.3, 0.4) is 0 Å². The van der Waals surface area contributed by atoms with E-state index < -0.39 is 6.09 Å². The smallest absolute Gasteiger partial charge is 0.407 e. The molecule has 1 fully saturated rings. The Labute approximate surface area is 165 Å². The van der Waals surface area contributed by atoms with Gasteiger partial charge >= 0.3 is 6.09 Å². The molecular formula is C24H26N2O2. The molecule has 1 aromatic heterocycles. The van der Waals surface area contributed by atoms with E-state index in [9.17, 15) is 9.90 Å². The number of aromatic nitrogens is 1. The fourth-order valence-corrected chi connectivity index (χ4v) is 4.94. The number of amides is 1. The average molecular weight is 374 g/mol.